The standard InChI is InChI=1S/C27H39O4P.Li.H/c1-17-13-12-14-18(2)22(17)24(28)32-23-20(30-26(6,7)8)15-19(29-25(3,4)5)16-21(23)31-27(9,10)11;;/h12-16,32H,1-11H3;;/q;+1;-1. The van der Waals surface area contributed by atoms with Crippen LogP contribution in [0.1, 0.15) is 85.2 Å². The van der Waals surface area contributed by atoms with Gasteiger partial charge in [-0.3, -0.25) is 4.79 Å². The van der Waals surface area contributed by atoms with Crippen molar-refractivity contribution in [2.24, 2.45) is 0 Å². The van der Waals surface area contributed by atoms with E-state index in [0.717, 1.165) is 22.0 Å². The summed E-state index contributed by atoms with van der Waals surface area (Å²) in [6.45, 7) is 21.9. The van der Waals surface area contributed by atoms with Gasteiger partial charge in [-0.25, -0.2) is 0 Å². The molecule has 178 valence electrons. The molecule has 1 unspecified atom stereocenters. The smallest absolute Gasteiger partial charge is 1.00 e. The fourth-order valence-electron chi connectivity index (χ4n) is 3.27. The number of aryl methyl sites for hydroxylation is 2. The third-order valence-electron chi connectivity index (χ3n) is 4.24. The Morgan fingerprint density at radius 3 is 1.52 bits per heavy atom. The van der Waals surface area contributed by atoms with Crippen molar-refractivity contribution in [2.75, 3.05) is 0 Å². The van der Waals surface area contributed by atoms with E-state index in [2.05, 4.69) is 0 Å². The molecule has 1 atom stereocenters. The fraction of sp³-hybridized carbons (Fsp3) is 0.519. The molecule has 0 aliphatic carbocycles. The van der Waals surface area contributed by atoms with Crippen molar-refractivity contribution in [3.8, 4) is 17.2 Å². The summed E-state index contributed by atoms with van der Waals surface area (Å²) in [6.07, 6.45) is 0. The maximum atomic E-state index is 13.5. The Hall–Kier alpha value is -1.46. The molecule has 0 N–H and O–H groups in total. The zero-order valence-electron chi connectivity index (χ0n) is 23.5. The van der Waals surface area contributed by atoms with Gasteiger partial charge in [0.05, 0.1) is 5.30 Å². The van der Waals surface area contributed by atoms with Crippen LogP contribution in [0.25, 0.3) is 0 Å². The SMILES string of the molecule is Cc1cccc(C)c1C(=O)Pc1c(OC(C)(C)C)cc(OC(C)(C)C)cc1OC(C)(C)C.[H-].[Li+]. The average Bonchev–Trinajstić information content (AvgIpc) is 2.53. The molecule has 0 heterocycles. The van der Waals surface area contributed by atoms with Crippen molar-refractivity contribution in [2.45, 2.75) is 93.0 Å². The van der Waals surface area contributed by atoms with Crippen LogP contribution in [0.15, 0.2) is 30.3 Å². The van der Waals surface area contributed by atoms with Gasteiger partial charge in [0.25, 0.3) is 0 Å². The Labute approximate surface area is 215 Å². The molecule has 33 heavy (non-hydrogen) atoms. The van der Waals surface area contributed by atoms with Crippen molar-refractivity contribution < 1.29 is 39.3 Å². The van der Waals surface area contributed by atoms with Gasteiger partial charge < -0.3 is 15.6 Å². The minimum atomic E-state index is -0.444. The molecule has 4 nitrogen and oxygen atoms in total. The predicted octanol–water partition coefficient (Wildman–Crippen LogP) is 4.10. The van der Waals surface area contributed by atoms with Gasteiger partial charge in [-0.15, -0.1) is 0 Å². The van der Waals surface area contributed by atoms with E-state index in [-0.39, 0.29) is 40.0 Å². The molecule has 2 aromatic carbocycles. The van der Waals surface area contributed by atoms with Crippen LogP contribution < -0.4 is 38.4 Å². The molecule has 2 aromatic rings. The maximum Gasteiger partial charge on any atom is 1.00 e. The molecular formula is C27H40LiO4P. The van der Waals surface area contributed by atoms with Crippen LogP contribution in [0.5, 0.6) is 17.2 Å². The summed E-state index contributed by atoms with van der Waals surface area (Å²) in [5.74, 6) is 1.90. The Morgan fingerprint density at radius 2 is 1.15 bits per heavy atom. The normalized spacial score (nSPS) is 12.5. The maximum absolute atomic E-state index is 13.5. The number of rotatable bonds is 6. The monoisotopic (exact) mass is 466 g/mol. The second-order valence-electron chi connectivity index (χ2n) is 11.2. The first kappa shape index (κ1) is 29.6. The van der Waals surface area contributed by atoms with E-state index >= 15 is 0 Å². The minimum absolute atomic E-state index is 0. The van der Waals surface area contributed by atoms with Crippen LogP contribution in [0.2, 0.25) is 0 Å². The Morgan fingerprint density at radius 1 is 0.758 bits per heavy atom. The number of benzene rings is 2. The van der Waals surface area contributed by atoms with Crippen LogP contribution in [-0.4, -0.2) is 22.3 Å². The zero-order chi connectivity index (χ0) is 24.5. The molecule has 0 fully saturated rings. The summed E-state index contributed by atoms with van der Waals surface area (Å²) < 4.78 is 18.8. The van der Waals surface area contributed by atoms with Gasteiger partial charge in [0, 0.05) is 17.7 Å². The first-order valence-corrected chi connectivity index (χ1v) is 12.1. The topological polar surface area (TPSA) is 44.8 Å². The van der Waals surface area contributed by atoms with Crippen LogP contribution in [0.3, 0.4) is 0 Å². The summed E-state index contributed by atoms with van der Waals surface area (Å²) in [6, 6.07) is 9.69. The molecule has 0 bridgehead atoms. The third kappa shape index (κ3) is 9.36. The first-order chi connectivity index (χ1) is 14.5. The first-order valence-electron chi connectivity index (χ1n) is 11.1. The van der Waals surface area contributed by atoms with E-state index in [4.69, 9.17) is 14.2 Å². The number of ether oxygens (including phenoxy) is 3. The van der Waals surface area contributed by atoms with E-state index in [1.54, 1.807) is 0 Å². The molecular weight excluding hydrogens is 426 g/mol. The number of hydrogen-bond acceptors (Lipinski definition) is 4. The summed E-state index contributed by atoms with van der Waals surface area (Å²) in [5, 5.41) is 0.767. The van der Waals surface area contributed by atoms with Crippen molar-refractivity contribution in [3.63, 3.8) is 0 Å². The van der Waals surface area contributed by atoms with Crippen molar-refractivity contribution in [1.29, 1.82) is 0 Å². The quantitative estimate of drug-likeness (QED) is 0.475. The van der Waals surface area contributed by atoms with E-state index in [0.29, 0.717) is 17.2 Å². The molecule has 0 aliphatic heterocycles. The van der Waals surface area contributed by atoms with E-state index < -0.39 is 11.2 Å². The Balaban J connectivity index is 0.00000544. The van der Waals surface area contributed by atoms with Crippen LogP contribution in [-0.2, 0) is 0 Å². The van der Waals surface area contributed by atoms with E-state index in [9.17, 15) is 4.79 Å². The molecule has 0 aromatic heterocycles. The van der Waals surface area contributed by atoms with Crippen LogP contribution in [0.4, 0.5) is 0 Å². The van der Waals surface area contributed by atoms with E-state index in [1.807, 2.05) is 106 Å². The van der Waals surface area contributed by atoms with Gasteiger partial charge >= 0.3 is 18.9 Å². The van der Waals surface area contributed by atoms with Crippen LogP contribution >= 0.6 is 8.58 Å². The van der Waals surface area contributed by atoms with Gasteiger partial charge in [-0.2, -0.15) is 0 Å². The summed E-state index contributed by atoms with van der Waals surface area (Å²) in [4.78, 5) is 13.5. The van der Waals surface area contributed by atoms with Crippen molar-refractivity contribution in [3.05, 3.63) is 47.0 Å². The number of carbonyl (C=O) groups excluding carboxylic acids is 1. The number of hydrogen-bond donors (Lipinski definition) is 0. The zero-order valence-corrected chi connectivity index (χ0v) is 23.5. The molecule has 0 saturated carbocycles. The molecule has 0 radical (unpaired) electrons. The Bertz CT molecular complexity index is 928. The number of carbonyl (C=O) groups is 1. The van der Waals surface area contributed by atoms with Crippen LogP contribution in [0, 0.1) is 13.8 Å². The summed E-state index contributed by atoms with van der Waals surface area (Å²) >= 11 is 0. The molecule has 0 aliphatic rings. The van der Waals surface area contributed by atoms with Crippen molar-refractivity contribution >= 4 is 19.4 Å². The summed E-state index contributed by atoms with van der Waals surface area (Å²) in [5.41, 5.74) is 1.53. The van der Waals surface area contributed by atoms with Crippen molar-refractivity contribution in [1.82, 2.24) is 0 Å². The predicted molar refractivity (Wildman–Crippen MR) is 137 cm³/mol. The van der Waals surface area contributed by atoms with Gasteiger partial charge in [-0.05, 0) is 95.9 Å². The van der Waals surface area contributed by atoms with E-state index in [1.165, 1.54) is 0 Å². The van der Waals surface area contributed by atoms with Gasteiger partial charge in [0.2, 0.25) is 0 Å². The second kappa shape index (κ2) is 10.9. The van der Waals surface area contributed by atoms with Gasteiger partial charge in [-0.1, -0.05) is 18.2 Å². The second-order valence-corrected chi connectivity index (χ2v) is 12.4. The molecule has 2 rings (SSSR count). The fourth-order valence-corrected chi connectivity index (χ4v) is 4.51. The molecule has 6 heteroatoms. The minimum Gasteiger partial charge on any atom is -1.00 e. The van der Waals surface area contributed by atoms with Gasteiger partial charge in [0.1, 0.15) is 34.1 Å². The molecule has 0 saturated heterocycles. The molecule has 0 spiro atoms. The average molecular weight is 467 g/mol. The largest absolute Gasteiger partial charge is 1.00 e. The Kier molecular flexibility index (Phi) is 9.73. The summed E-state index contributed by atoms with van der Waals surface area (Å²) in [7, 11) is -0.142. The van der Waals surface area contributed by atoms with Gasteiger partial charge in [0.15, 0.2) is 5.52 Å². The third-order valence-corrected chi connectivity index (χ3v) is 5.46. The molecule has 0 amide bonds.